The lowest BCUT2D eigenvalue weighted by atomic mass is 9.93. The molecule has 0 saturated heterocycles. The number of halogens is 3. The number of carbonyl (C=O) groups excluding carboxylic acids is 1. The predicted molar refractivity (Wildman–Crippen MR) is 148 cm³/mol. The molecule has 14 heteroatoms. The van der Waals surface area contributed by atoms with Crippen LogP contribution in [0, 0.1) is 0 Å². The van der Waals surface area contributed by atoms with Gasteiger partial charge in [-0.05, 0) is 73.9 Å². The molecular formula is C28H27F3N4O6S. The van der Waals surface area contributed by atoms with Gasteiger partial charge in [-0.2, -0.15) is 13.2 Å². The quantitative estimate of drug-likeness (QED) is 0.258. The Morgan fingerprint density at radius 2 is 1.74 bits per heavy atom. The zero-order valence-corrected chi connectivity index (χ0v) is 23.7. The normalized spacial score (nSPS) is 12.3. The number of hydrogen-bond donors (Lipinski definition) is 3. The van der Waals surface area contributed by atoms with Crippen LogP contribution in [0.15, 0.2) is 74.9 Å². The molecule has 0 atom stereocenters. The van der Waals surface area contributed by atoms with Gasteiger partial charge in [-0.3, -0.25) is 14.3 Å². The Morgan fingerprint density at radius 3 is 2.36 bits per heavy atom. The van der Waals surface area contributed by atoms with E-state index >= 15 is 0 Å². The molecule has 0 fully saturated rings. The molecular weight excluding hydrogens is 577 g/mol. The smallest absolute Gasteiger partial charge is 0.438 e. The SMILES string of the molecule is COc1cc(C(=O)Nc2ccc(-c3ccccc3C(F)(F)F)c(Cc3noc(=O)[nH]3)c2)ccc1S(=O)(=O)NC(C)(C)C. The van der Waals surface area contributed by atoms with E-state index in [2.05, 4.69) is 24.7 Å². The van der Waals surface area contributed by atoms with E-state index in [0.717, 1.165) is 6.07 Å². The fourth-order valence-electron chi connectivity index (χ4n) is 4.25. The highest BCUT2D eigenvalue weighted by atomic mass is 32.2. The molecule has 1 heterocycles. The van der Waals surface area contributed by atoms with E-state index in [4.69, 9.17) is 4.74 Å². The van der Waals surface area contributed by atoms with Crippen LogP contribution in [-0.2, 0) is 22.6 Å². The van der Waals surface area contributed by atoms with Gasteiger partial charge in [0, 0.05) is 23.2 Å². The lowest BCUT2D eigenvalue weighted by Gasteiger charge is -2.21. The Hall–Kier alpha value is -4.43. The maximum absolute atomic E-state index is 13.8. The first kappa shape index (κ1) is 30.5. The molecule has 4 rings (SSSR count). The van der Waals surface area contributed by atoms with Crippen molar-refractivity contribution in [2.75, 3.05) is 12.4 Å². The van der Waals surface area contributed by atoms with Crippen LogP contribution >= 0.6 is 0 Å². The van der Waals surface area contributed by atoms with Crippen molar-refractivity contribution in [1.29, 1.82) is 0 Å². The van der Waals surface area contributed by atoms with Crippen molar-refractivity contribution < 1.29 is 35.6 Å². The van der Waals surface area contributed by atoms with E-state index < -0.39 is 39.0 Å². The number of H-pyrrole nitrogens is 1. The molecule has 0 aliphatic rings. The Labute approximate surface area is 239 Å². The van der Waals surface area contributed by atoms with Gasteiger partial charge in [0.2, 0.25) is 10.0 Å². The van der Waals surface area contributed by atoms with Crippen molar-refractivity contribution >= 4 is 21.6 Å². The third kappa shape index (κ3) is 7.06. The second kappa shape index (κ2) is 11.4. The van der Waals surface area contributed by atoms with Gasteiger partial charge in [-0.25, -0.2) is 17.9 Å². The third-order valence-corrected chi connectivity index (χ3v) is 7.68. The second-order valence-corrected chi connectivity index (χ2v) is 12.0. The van der Waals surface area contributed by atoms with Crippen molar-refractivity contribution in [3.63, 3.8) is 0 Å². The molecule has 42 heavy (non-hydrogen) atoms. The molecule has 0 aliphatic heterocycles. The number of aromatic amines is 1. The Morgan fingerprint density at radius 1 is 1.02 bits per heavy atom. The van der Waals surface area contributed by atoms with Crippen LogP contribution in [0.2, 0.25) is 0 Å². The number of methoxy groups -OCH3 is 1. The second-order valence-electron chi connectivity index (χ2n) is 10.3. The third-order valence-electron chi connectivity index (χ3n) is 5.88. The number of aromatic nitrogens is 2. The molecule has 1 aromatic heterocycles. The summed E-state index contributed by atoms with van der Waals surface area (Å²) in [6.07, 6.45) is -4.75. The van der Waals surface area contributed by atoms with E-state index in [1.807, 2.05) is 0 Å². The molecule has 222 valence electrons. The number of ether oxygens (including phenoxy) is 1. The molecule has 0 bridgehead atoms. The summed E-state index contributed by atoms with van der Waals surface area (Å²) >= 11 is 0. The number of benzene rings is 3. The van der Waals surface area contributed by atoms with Gasteiger partial charge in [0.1, 0.15) is 10.6 Å². The molecule has 0 spiro atoms. The first-order valence-corrected chi connectivity index (χ1v) is 13.9. The predicted octanol–water partition coefficient (Wildman–Crippen LogP) is 4.98. The van der Waals surface area contributed by atoms with Crippen molar-refractivity contribution in [2.45, 2.75) is 43.8 Å². The summed E-state index contributed by atoms with van der Waals surface area (Å²) in [5, 5.41) is 6.27. The highest BCUT2D eigenvalue weighted by Gasteiger charge is 2.34. The Kier molecular flexibility index (Phi) is 8.32. The van der Waals surface area contributed by atoms with Gasteiger partial charge in [0.05, 0.1) is 12.7 Å². The van der Waals surface area contributed by atoms with Crippen LogP contribution in [0.3, 0.4) is 0 Å². The number of carbonyl (C=O) groups is 1. The van der Waals surface area contributed by atoms with Crippen LogP contribution in [0.25, 0.3) is 11.1 Å². The molecule has 10 nitrogen and oxygen atoms in total. The summed E-state index contributed by atoms with van der Waals surface area (Å²) in [6, 6.07) is 13.1. The molecule has 0 saturated carbocycles. The molecule has 0 aliphatic carbocycles. The van der Waals surface area contributed by atoms with Crippen LogP contribution in [0.4, 0.5) is 18.9 Å². The largest absolute Gasteiger partial charge is 0.495 e. The minimum atomic E-state index is -4.63. The minimum absolute atomic E-state index is 0.0609. The van der Waals surface area contributed by atoms with E-state index in [1.165, 1.54) is 61.7 Å². The topological polar surface area (TPSA) is 143 Å². The van der Waals surface area contributed by atoms with Gasteiger partial charge >= 0.3 is 11.9 Å². The van der Waals surface area contributed by atoms with Gasteiger partial charge in [-0.1, -0.05) is 29.4 Å². The standard InChI is InChI=1S/C28H27F3N4O6S/c1-27(2,3)35-42(38,39)23-12-9-16(14-22(23)40-4)25(36)32-18-10-11-19(17(13-18)15-24-33-26(37)41-34-24)20-7-5-6-8-21(20)28(29,30)31/h5-14,35H,15H2,1-4H3,(H,32,36)(H,33,34,37). The number of anilines is 1. The van der Waals surface area contributed by atoms with E-state index in [9.17, 15) is 31.2 Å². The molecule has 1 amide bonds. The van der Waals surface area contributed by atoms with Crippen LogP contribution < -0.4 is 20.5 Å². The lowest BCUT2D eigenvalue weighted by Crippen LogP contribution is -2.40. The van der Waals surface area contributed by atoms with E-state index in [0.29, 0.717) is 5.56 Å². The van der Waals surface area contributed by atoms with E-state index in [-0.39, 0.29) is 45.3 Å². The summed E-state index contributed by atoms with van der Waals surface area (Å²) in [6.45, 7) is 5.04. The summed E-state index contributed by atoms with van der Waals surface area (Å²) in [4.78, 5) is 26.8. The van der Waals surface area contributed by atoms with Crippen molar-refractivity contribution in [3.05, 3.63) is 93.7 Å². The number of amides is 1. The summed E-state index contributed by atoms with van der Waals surface area (Å²) in [5.74, 6) is -1.46. The number of nitrogens with one attached hydrogen (secondary N) is 3. The number of alkyl halides is 3. The first-order chi connectivity index (χ1) is 19.6. The zero-order valence-electron chi connectivity index (χ0n) is 22.9. The van der Waals surface area contributed by atoms with Crippen LogP contribution in [0.5, 0.6) is 5.75 Å². The monoisotopic (exact) mass is 604 g/mol. The Bertz CT molecular complexity index is 1790. The number of nitrogens with zero attached hydrogens (tertiary/aromatic N) is 1. The number of hydrogen-bond acceptors (Lipinski definition) is 7. The summed E-state index contributed by atoms with van der Waals surface area (Å²) < 4.78 is 79.3. The zero-order chi connectivity index (χ0) is 30.9. The van der Waals surface area contributed by atoms with Crippen molar-refractivity contribution in [3.8, 4) is 16.9 Å². The fraction of sp³-hybridized carbons (Fsp3) is 0.250. The minimum Gasteiger partial charge on any atom is -0.495 e. The van der Waals surface area contributed by atoms with Gasteiger partial charge in [0.25, 0.3) is 5.91 Å². The highest BCUT2D eigenvalue weighted by Crippen LogP contribution is 2.39. The first-order valence-electron chi connectivity index (χ1n) is 12.4. The van der Waals surface area contributed by atoms with Crippen molar-refractivity contribution in [2.24, 2.45) is 0 Å². The molecule has 0 unspecified atom stereocenters. The van der Waals surface area contributed by atoms with Crippen LogP contribution in [-0.4, -0.2) is 37.1 Å². The highest BCUT2D eigenvalue weighted by molar-refractivity contribution is 7.89. The van der Waals surface area contributed by atoms with Crippen molar-refractivity contribution in [1.82, 2.24) is 14.9 Å². The molecule has 3 N–H and O–H groups in total. The maximum atomic E-state index is 13.8. The number of sulfonamides is 1. The summed E-state index contributed by atoms with van der Waals surface area (Å²) in [5.41, 5.74) is -0.930. The summed E-state index contributed by atoms with van der Waals surface area (Å²) in [7, 11) is -2.70. The molecule has 0 radical (unpaired) electrons. The van der Waals surface area contributed by atoms with Gasteiger partial charge in [-0.15, -0.1) is 0 Å². The maximum Gasteiger partial charge on any atom is 0.438 e. The van der Waals surface area contributed by atoms with Gasteiger partial charge in [0.15, 0.2) is 5.82 Å². The van der Waals surface area contributed by atoms with Crippen LogP contribution in [0.1, 0.15) is 48.1 Å². The number of rotatable bonds is 8. The fourth-order valence-corrected chi connectivity index (χ4v) is 5.83. The van der Waals surface area contributed by atoms with Gasteiger partial charge < -0.3 is 10.1 Å². The Balaban J connectivity index is 1.70. The average Bonchev–Trinajstić information content (AvgIpc) is 3.30. The molecule has 4 aromatic rings. The van der Waals surface area contributed by atoms with E-state index in [1.54, 1.807) is 20.8 Å². The average molecular weight is 605 g/mol. The lowest BCUT2D eigenvalue weighted by molar-refractivity contribution is -0.137. The molecule has 3 aromatic carbocycles.